The molecule has 1 unspecified atom stereocenters. The summed E-state index contributed by atoms with van der Waals surface area (Å²) in [5.41, 5.74) is -0.208. The summed E-state index contributed by atoms with van der Waals surface area (Å²) in [6.07, 6.45) is 4.52. The lowest BCUT2D eigenvalue weighted by atomic mass is 10.1. The first-order valence-corrected chi connectivity index (χ1v) is 7.00. The monoisotopic (exact) mass is 264 g/mol. The number of piperazine rings is 1. The fourth-order valence-electron chi connectivity index (χ4n) is 2.53. The van der Waals surface area contributed by atoms with Crippen LogP contribution in [-0.2, 0) is 5.54 Å². The number of nitrogens with one attached hydrogen (secondary N) is 1. The lowest BCUT2D eigenvalue weighted by Gasteiger charge is -2.36. The van der Waals surface area contributed by atoms with Crippen molar-refractivity contribution in [1.29, 1.82) is 0 Å². The van der Waals surface area contributed by atoms with Crippen LogP contribution in [0.1, 0.15) is 34.1 Å². The molecule has 5 nitrogen and oxygen atoms in total. The van der Waals surface area contributed by atoms with Gasteiger partial charge in [0, 0.05) is 43.6 Å². The topological polar surface area (TPSA) is 50.2 Å². The number of aromatic nitrogens is 2. The Balaban J connectivity index is 2.42. The maximum absolute atomic E-state index is 12.6. The van der Waals surface area contributed by atoms with Gasteiger partial charge < -0.3 is 14.8 Å². The molecule has 0 aliphatic carbocycles. The van der Waals surface area contributed by atoms with Crippen molar-refractivity contribution < 1.29 is 0 Å². The average molecular weight is 264 g/mol. The highest BCUT2D eigenvalue weighted by Crippen LogP contribution is 2.16. The van der Waals surface area contributed by atoms with Gasteiger partial charge in [-0.15, -0.1) is 0 Å². The van der Waals surface area contributed by atoms with Crippen molar-refractivity contribution in [3.8, 4) is 0 Å². The van der Waals surface area contributed by atoms with Crippen LogP contribution in [0.2, 0.25) is 0 Å². The van der Waals surface area contributed by atoms with Crippen LogP contribution in [0.3, 0.4) is 0 Å². The molecule has 1 N–H and O–H groups in total. The molecule has 1 aliphatic rings. The van der Waals surface area contributed by atoms with E-state index in [0.29, 0.717) is 11.9 Å². The Labute approximate surface area is 114 Å². The van der Waals surface area contributed by atoms with E-state index in [1.54, 1.807) is 17.0 Å². The predicted octanol–water partition coefficient (Wildman–Crippen LogP) is 1.19. The SMILES string of the molecule is CCC1CNCCN1c1nccn(C(C)(C)C)c1=O. The molecule has 1 aromatic heterocycles. The Hall–Kier alpha value is -1.36. The van der Waals surface area contributed by atoms with Crippen molar-refractivity contribution in [3.05, 3.63) is 22.7 Å². The minimum atomic E-state index is -0.218. The molecule has 1 atom stereocenters. The number of anilines is 1. The van der Waals surface area contributed by atoms with Gasteiger partial charge in [-0.05, 0) is 27.2 Å². The molecular formula is C14H24N4O. The molecule has 1 aliphatic heterocycles. The molecule has 1 fully saturated rings. The standard InChI is InChI=1S/C14H24N4O/c1-5-11-10-15-6-8-17(11)12-13(19)18(9-7-16-12)14(2,3)4/h7,9,11,15H,5-6,8,10H2,1-4H3. The van der Waals surface area contributed by atoms with Gasteiger partial charge in [0.1, 0.15) is 0 Å². The molecular weight excluding hydrogens is 240 g/mol. The molecule has 0 amide bonds. The zero-order valence-corrected chi connectivity index (χ0v) is 12.3. The van der Waals surface area contributed by atoms with E-state index in [0.717, 1.165) is 26.1 Å². The Morgan fingerprint density at radius 3 is 2.84 bits per heavy atom. The van der Waals surface area contributed by atoms with Crippen molar-refractivity contribution in [2.24, 2.45) is 0 Å². The van der Waals surface area contributed by atoms with Crippen LogP contribution in [0, 0.1) is 0 Å². The van der Waals surface area contributed by atoms with Crippen molar-refractivity contribution in [2.45, 2.75) is 45.7 Å². The quantitative estimate of drug-likeness (QED) is 0.871. The summed E-state index contributed by atoms with van der Waals surface area (Å²) < 4.78 is 1.77. The second-order valence-electron chi connectivity index (χ2n) is 6.06. The van der Waals surface area contributed by atoms with Gasteiger partial charge in [-0.3, -0.25) is 4.79 Å². The van der Waals surface area contributed by atoms with Crippen molar-refractivity contribution >= 4 is 5.82 Å². The summed E-state index contributed by atoms with van der Waals surface area (Å²) in [7, 11) is 0. The van der Waals surface area contributed by atoms with Crippen LogP contribution < -0.4 is 15.8 Å². The van der Waals surface area contributed by atoms with Crippen LogP contribution in [0.5, 0.6) is 0 Å². The molecule has 0 bridgehead atoms. The first kappa shape index (κ1) is 14.1. The van der Waals surface area contributed by atoms with Crippen molar-refractivity contribution in [2.75, 3.05) is 24.5 Å². The fraction of sp³-hybridized carbons (Fsp3) is 0.714. The van der Waals surface area contributed by atoms with E-state index in [4.69, 9.17) is 0 Å². The summed E-state index contributed by atoms with van der Waals surface area (Å²) in [4.78, 5) is 19.1. The summed E-state index contributed by atoms with van der Waals surface area (Å²) in [5, 5.41) is 3.37. The molecule has 0 radical (unpaired) electrons. The largest absolute Gasteiger partial charge is 0.346 e. The first-order chi connectivity index (χ1) is 8.95. The van der Waals surface area contributed by atoms with Gasteiger partial charge in [-0.1, -0.05) is 6.92 Å². The highest BCUT2D eigenvalue weighted by atomic mass is 16.1. The minimum absolute atomic E-state index is 0.00958. The van der Waals surface area contributed by atoms with Crippen LogP contribution in [0.15, 0.2) is 17.2 Å². The third-order valence-corrected chi connectivity index (χ3v) is 3.64. The third-order valence-electron chi connectivity index (χ3n) is 3.64. The van der Waals surface area contributed by atoms with Crippen LogP contribution in [0.4, 0.5) is 5.82 Å². The van der Waals surface area contributed by atoms with Gasteiger partial charge in [-0.2, -0.15) is 0 Å². The van der Waals surface area contributed by atoms with E-state index in [1.807, 2.05) is 20.8 Å². The van der Waals surface area contributed by atoms with Crippen LogP contribution in [0.25, 0.3) is 0 Å². The summed E-state index contributed by atoms with van der Waals surface area (Å²) in [6.45, 7) is 10.9. The van der Waals surface area contributed by atoms with E-state index in [1.165, 1.54) is 0 Å². The molecule has 0 aromatic carbocycles. The Morgan fingerprint density at radius 1 is 1.47 bits per heavy atom. The molecule has 5 heteroatoms. The lowest BCUT2D eigenvalue weighted by molar-refractivity contribution is 0.379. The molecule has 1 saturated heterocycles. The van der Waals surface area contributed by atoms with E-state index >= 15 is 0 Å². The van der Waals surface area contributed by atoms with Crippen LogP contribution >= 0.6 is 0 Å². The Bertz CT molecular complexity index is 489. The third kappa shape index (κ3) is 2.81. The normalized spacial score (nSPS) is 20.6. The van der Waals surface area contributed by atoms with Gasteiger partial charge in [-0.25, -0.2) is 4.98 Å². The molecule has 0 spiro atoms. The van der Waals surface area contributed by atoms with Gasteiger partial charge in [0.25, 0.3) is 5.56 Å². The second kappa shape index (κ2) is 5.33. The van der Waals surface area contributed by atoms with Crippen molar-refractivity contribution in [3.63, 3.8) is 0 Å². The summed E-state index contributed by atoms with van der Waals surface area (Å²) in [6, 6.07) is 0.352. The van der Waals surface area contributed by atoms with Crippen LogP contribution in [-0.4, -0.2) is 35.2 Å². The number of hydrogen-bond donors (Lipinski definition) is 1. The minimum Gasteiger partial charge on any atom is -0.346 e. The fourth-order valence-corrected chi connectivity index (χ4v) is 2.53. The predicted molar refractivity (Wildman–Crippen MR) is 77.8 cm³/mol. The van der Waals surface area contributed by atoms with E-state index in [2.05, 4.69) is 22.1 Å². The van der Waals surface area contributed by atoms with E-state index in [-0.39, 0.29) is 11.1 Å². The molecule has 0 saturated carbocycles. The number of nitrogens with zero attached hydrogens (tertiary/aromatic N) is 3. The zero-order chi connectivity index (χ0) is 14.0. The molecule has 19 heavy (non-hydrogen) atoms. The van der Waals surface area contributed by atoms with Gasteiger partial charge in [0.2, 0.25) is 0 Å². The van der Waals surface area contributed by atoms with Gasteiger partial charge in [0.05, 0.1) is 0 Å². The highest BCUT2D eigenvalue weighted by molar-refractivity contribution is 5.38. The van der Waals surface area contributed by atoms with Crippen molar-refractivity contribution in [1.82, 2.24) is 14.9 Å². The lowest BCUT2D eigenvalue weighted by Crippen LogP contribution is -2.53. The summed E-state index contributed by atoms with van der Waals surface area (Å²) in [5.74, 6) is 0.589. The molecule has 106 valence electrons. The molecule has 1 aromatic rings. The summed E-state index contributed by atoms with van der Waals surface area (Å²) >= 11 is 0. The maximum Gasteiger partial charge on any atom is 0.293 e. The first-order valence-electron chi connectivity index (χ1n) is 7.00. The molecule has 2 rings (SSSR count). The zero-order valence-electron chi connectivity index (χ0n) is 12.3. The molecule has 2 heterocycles. The smallest absolute Gasteiger partial charge is 0.293 e. The van der Waals surface area contributed by atoms with Gasteiger partial charge >= 0.3 is 0 Å². The second-order valence-corrected chi connectivity index (χ2v) is 6.06. The maximum atomic E-state index is 12.6. The van der Waals surface area contributed by atoms with E-state index in [9.17, 15) is 4.79 Å². The number of rotatable bonds is 2. The highest BCUT2D eigenvalue weighted by Gasteiger charge is 2.26. The Kier molecular flexibility index (Phi) is 3.94. The van der Waals surface area contributed by atoms with Gasteiger partial charge in [0.15, 0.2) is 5.82 Å². The number of hydrogen-bond acceptors (Lipinski definition) is 4. The Morgan fingerprint density at radius 2 is 2.21 bits per heavy atom. The average Bonchev–Trinajstić information content (AvgIpc) is 2.37. The van der Waals surface area contributed by atoms with E-state index < -0.39 is 0 Å².